The molecule has 0 unspecified atom stereocenters. The molecule has 0 spiro atoms. The SMILES string of the molecule is CCC(=O)CCC(=O)OO. The maximum atomic E-state index is 10.5. The van der Waals surface area contributed by atoms with Gasteiger partial charge in [-0.15, -0.1) is 0 Å². The first kappa shape index (κ1) is 9.10. The number of carbonyl (C=O) groups excluding carboxylic acids is 2. The molecule has 0 aliphatic rings. The molecule has 0 saturated carbocycles. The fourth-order valence-corrected chi connectivity index (χ4v) is 0.464. The van der Waals surface area contributed by atoms with E-state index in [-0.39, 0.29) is 18.6 Å². The summed E-state index contributed by atoms with van der Waals surface area (Å²) in [6.45, 7) is 1.71. The minimum absolute atomic E-state index is 0.00889. The van der Waals surface area contributed by atoms with Gasteiger partial charge in [0.15, 0.2) is 0 Å². The van der Waals surface area contributed by atoms with Crippen molar-refractivity contribution in [2.45, 2.75) is 26.2 Å². The summed E-state index contributed by atoms with van der Waals surface area (Å²) in [5.41, 5.74) is 0. The van der Waals surface area contributed by atoms with Crippen LogP contribution in [0, 0.1) is 0 Å². The van der Waals surface area contributed by atoms with Gasteiger partial charge < -0.3 is 4.89 Å². The van der Waals surface area contributed by atoms with Crippen LogP contribution in [-0.2, 0) is 14.5 Å². The normalized spacial score (nSPS) is 9.00. The van der Waals surface area contributed by atoms with Crippen molar-refractivity contribution in [2.24, 2.45) is 0 Å². The summed E-state index contributed by atoms with van der Waals surface area (Å²) in [4.78, 5) is 24.1. The summed E-state index contributed by atoms with van der Waals surface area (Å²) in [6.07, 6.45) is 0.526. The number of carbonyl (C=O) groups is 2. The number of Topliss-reactive ketones (excluding diaryl/α,β-unsaturated/α-hetero) is 1. The van der Waals surface area contributed by atoms with Crippen molar-refractivity contribution in [2.75, 3.05) is 0 Å². The lowest BCUT2D eigenvalue weighted by atomic mass is 10.2. The van der Waals surface area contributed by atoms with E-state index < -0.39 is 5.97 Å². The van der Waals surface area contributed by atoms with Gasteiger partial charge in [-0.2, -0.15) is 5.26 Å². The van der Waals surface area contributed by atoms with Crippen LogP contribution in [0.3, 0.4) is 0 Å². The van der Waals surface area contributed by atoms with E-state index >= 15 is 0 Å². The van der Waals surface area contributed by atoms with Crippen LogP contribution in [0.15, 0.2) is 0 Å². The molecule has 0 aromatic rings. The Hall–Kier alpha value is -0.900. The van der Waals surface area contributed by atoms with Crippen LogP contribution in [0.2, 0.25) is 0 Å². The Morgan fingerprint density at radius 3 is 2.40 bits per heavy atom. The summed E-state index contributed by atoms with van der Waals surface area (Å²) < 4.78 is 0. The van der Waals surface area contributed by atoms with Crippen LogP contribution in [0.5, 0.6) is 0 Å². The molecule has 4 heteroatoms. The second-order valence-corrected chi connectivity index (χ2v) is 1.86. The molecule has 0 bridgehead atoms. The standard InChI is InChI=1S/C6H10O4/c1-2-5(7)3-4-6(8)10-9/h9H,2-4H2,1H3. The lowest BCUT2D eigenvalue weighted by Gasteiger charge is -1.93. The van der Waals surface area contributed by atoms with Gasteiger partial charge in [0.2, 0.25) is 0 Å². The van der Waals surface area contributed by atoms with Crippen molar-refractivity contribution in [3.05, 3.63) is 0 Å². The molecule has 0 fully saturated rings. The average molecular weight is 146 g/mol. The van der Waals surface area contributed by atoms with Gasteiger partial charge in [-0.1, -0.05) is 6.92 Å². The summed E-state index contributed by atoms with van der Waals surface area (Å²) in [6, 6.07) is 0. The minimum atomic E-state index is -0.762. The average Bonchev–Trinajstić information content (AvgIpc) is 1.99. The zero-order chi connectivity index (χ0) is 7.98. The van der Waals surface area contributed by atoms with Gasteiger partial charge in [0, 0.05) is 12.8 Å². The molecule has 0 amide bonds. The third-order valence-electron chi connectivity index (χ3n) is 1.10. The first-order chi connectivity index (χ1) is 4.70. The summed E-state index contributed by atoms with van der Waals surface area (Å²) in [7, 11) is 0. The topological polar surface area (TPSA) is 63.6 Å². The summed E-state index contributed by atoms with van der Waals surface area (Å²) >= 11 is 0. The molecular formula is C6H10O4. The van der Waals surface area contributed by atoms with Crippen molar-refractivity contribution in [1.82, 2.24) is 0 Å². The van der Waals surface area contributed by atoms with Crippen molar-refractivity contribution in [3.63, 3.8) is 0 Å². The Bertz CT molecular complexity index is 114. The Morgan fingerprint density at radius 2 is 2.00 bits per heavy atom. The maximum absolute atomic E-state index is 10.5. The van der Waals surface area contributed by atoms with Crippen LogP contribution in [-0.4, -0.2) is 17.0 Å². The molecule has 0 saturated heterocycles. The zero-order valence-electron chi connectivity index (χ0n) is 5.79. The van der Waals surface area contributed by atoms with Gasteiger partial charge in [-0.3, -0.25) is 4.79 Å². The Kier molecular flexibility index (Phi) is 4.49. The predicted octanol–water partition coefficient (Wildman–Crippen LogP) is 0.762. The smallest absolute Gasteiger partial charge is 0.301 e. The molecular weight excluding hydrogens is 136 g/mol. The van der Waals surface area contributed by atoms with Crippen LogP contribution in [0.4, 0.5) is 0 Å². The Morgan fingerprint density at radius 1 is 1.40 bits per heavy atom. The first-order valence-corrected chi connectivity index (χ1v) is 3.06. The molecule has 4 nitrogen and oxygen atoms in total. The highest BCUT2D eigenvalue weighted by molar-refractivity contribution is 5.82. The molecule has 0 rings (SSSR count). The van der Waals surface area contributed by atoms with Crippen LogP contribution >= 0.6 is 0 Å². The minimum Gasteiger partial charge on any atom is -0.301 e. The van der Waals surface area contributed by atoms with E-state index in [1.165, 1.54) is 0 Å². The number of hydrogen-bond acceptors (Lipinski definition) is 4. The van der Waals surface area contributed by atoms with Crippen LogP contribution in [0.1, 0.15) is 26.2 Å². The third kappa shape index (κ3) is 4.03. The van der Waals surface area contributed by atoms with E-state index in [9.17, 15) is 9.59 Å². The molecule has 0 aromatic carbocycles. The van der Waals surface area contributed by atoms with Crippen LogP contribution < -0.4 is 0 Å². The van der Waals surface area contributed by atoms with Gasteiger partial charge in [0.05, 0.1) is 6.42 Å². The largest absolute Gasteiger partial charge is 0.342 e. The first-order valence-electron chi connectivity index (χ1n) is 3.06. The highest BCUT2D eigenvalue weighted by Gasteiger charge is 2.04. The highest BCUT2D eigenvalue weighted by atomic mass is 17.1. The van der Waals surface area contributed by atoms with Crippen molar-refractivity contribution in [1.29, 1.82) is 0 Å². The van der Waals surface area contributed by atoms with Crippen molar-refractivity contribution in [3.8, 4) is 0 Å². The van der Waals surface area contributed by atoms with Crippen LogP contribution in [0.25, 0.3) is 0 Å². The van der Waals surface area contributed by atoms with E-state index in [1.807, 2.05) is 0 Å². The fourth-order valence-electron chi connectivity index (χ4n) is 0.464. The second kappa shape index (κ2) is 4.93. The van der Waals surface area contributed by atoms with Gasteiger partial charge in [-0.25, -0.2) is 4.79 Å². The monoisotopic (exact) mass is 146 g/mol. The Labute approximate surface area is 58.7 Å². The number of rotatable bonds is 4. The molecule has 0 aliphatic heterocycles. The molecule has 1 N–H and O–H groups in total. The Balaban J connectivity index is 3.35. The van der Waals surface area contributed by atoms with Crippen molar-refractivity contribution >= 4 is 11.8 Å². The van der Waals surface area contributed by atoms with Gasteiger partial charge in [0.25, 0.3) is 0 Å². The maximum Gasteiger partial charge on any atom is 0.342 e. The quantitative estimate of drug-likeness (QED) is 0.469. The summed E-state index contributed by atoms with van der Waals surface area (Å²) in [5.74, 6) is -0.771. The van der Waals surface area contributed by atoms with E-state index in [2.05, 4.69) is 4.89 Å². The predicted molar refractivity (Wildman–Crippen MR) is 33.3 cm³/mol. The third-order valence-corrected chi connectivity index (χ3v) is 1.10. The number of hydrogen-bond donors (Lipinski definition) is 1. The molecule has 0 aliphatic carbocycles. The lowest BCUT2D eigenvalue weighted by molar-refractivity contribution is -0.234. The summed E-state index contributed by atoms with van der Waals surface area (Å²) in [5, 5.41) is 7.76. The van der Waals surface area contributed by atoms with E-state index in [1.54, 1.807) is 6.92 Å². The van der Waals surface area contributed by atoms with Gasteiger partial charge in [0.1, 0.15) is 5.78 Å². The van der Waals surface area contributed by atoms with Gasteiger partial charge >= 0.3 is 5.97 Å². The lowest BCUT2D eigenvalue weighted by Crippen LogP contribution is -2.04. The molecule has 58 valence electrons. The molecule has 10 heavy (non-hydrogen) atoms. The zero-order valence-corrected chi connectivity index (χ0v) is 5.79. The number of ketones is 1. The van der Waals surface area contributed by atoms with Gasteiger partial charge in [-0.05, 0) is 0 Å². The van der Waals surface area contributed by atoms with E-state index in [4.69, 9.17) is 5.26 Å². The van der Waals surface area contributed by atoms with E-state index in [0.717, 1.165) is 0 Å². The fraction of sp³-hybridized carbons (Fsp3) is 0.667. The molecule has 0 aromatic heterocycles. The van der Waals surface area contributed by atoms with Crippen molar-refractivity contribution < 1.29 is 19.7 Å². The van der Waals surface area contributed by atoms with E-state index in [0.29, 0.717) is 6.42 Å². The molecule has 0 radical (unpaired) electrons. The second-order valence-electron chi connectivity index (χ2n) is 1.86. The highest BCUT2D eigenvalue weighted by Crippen LogP contribution is 1.95. The molecule has 0 atom stereocenters. The molecule has 0 heterocycles.